The van der Waals surface area contributed by atoms with Gasteiger partial charge in [0.1, 0.15) is 12.1 Å². The number of aliphatic hydroxyl groups is 2. The van der Waals surface area contributed by atoms with Gasteiger partial charge in [-0.15, -0.1) is 0 Å². The standard InChI is InChI=1S/C26H34N8O5/c1-24(2)10-4-6-13-14(5-3-7-15(13)24)21(37)30-17-12-34-23(28)29-16(11-33-18(35)8-9-19(33)36)20-25(34,26(17,38)39)32-22(27)31-20/h3,5,7,16-17,20,38-39H,4,6,8-12H2,1-2H3,(H2,28,29)(H,30,37)(H3,27,31,32)/p+1/t16-,17?,20-,25?/m0/s1. The lowest BCUT2D eigenvalue weighted by molar-refractivity contribution is -0.521. The van der Waals surface area contributed by atoms with Crippen molar-refractivity contribution in [3.8, 4) is 0 Å². The van der Waals surface area contributed by atoms with E-state index in [0.717, 1.165) is 35.3 Å². The molecule has 5 aliphatic rings. The lowest BCUT2D eigenvalue weighted by Crippen LogP contribution is -2.90. The summed E-state index contributed by atoms with van der Waals surface area (Å²) in [5.74, 6) is -3.61. The van der Waals surface area contributed by atoms with Gasteiger partial charge in [0.2, 0.25) is 17.6 Å². The summed E-state index contributed by atoms with van der Waals surface area (Å²) in [6.45, 7) is 4.16. The van der Waals surface area contributed by atoms with Crippen LogP contribution >= 0.6 is 0 Å². The van der Waals surface area contributed by atoms with Crippen molar-refractivity contribution >= 4 is 29.6 Å². The smallest absolute Gasteiger partial charge is 0.343 e. The van der Waals surface area contributed by atoms with Gasteiger partial charge < -0.3 is 21.3 Å². The molecule has 6 rings (SSSR count). The van der Waals surface area contributed by atoms with E-state index in [1.807, 2.05) is 12.1 Å². The summed E-state index contributed by atoms with van der Waals surface area (Å²) in [6, 6.07) is 2.78. The fourth-order valence-corrected chi connectivity index (χ4v) is 7.12. The predicted molar refractivity (Wildman–Crippen MR) is 139 cm³/mol. The maximum absolute atomic E-state index is 13.6. The van der Waals surface area contributed by atoms with Crippen molar-refractivity contribution in [2.24, 2.45) is 16.5 Å². The number of carbonyl (C=O) groups is 3. The van der Waals surface area contributed by atoms with Crippen LogP contribution in [0.5, 0.6) is 0 Å². The zero-order chi connectivity index (χ0) is 27.9. The van der Waals surface area contributed by atoms with E-state index >= 15 is 0 Å². The predicted octanol–water partition coefficient (Wildman–Crippen LogP) is -3.70. The van der Waals surface area contributed by atoms with E-state index in [-0.39, 0.29) is 55.1 Å². The average molecular weight is 540 g/mol. The zero-order valence-electron chi connectivity index (χ0n) is 22.0. The highest BCUT2D eigenvalue weighted by molar-refractivity contribution is 6.02. The Morgan fingerprint density at radius 1 is 1.21 bits per heavy atom. The number of fused-ring (bicyclic) bond motifs is 1. The van der Waals surface area contributed by atoms with Crippen LogP contribution in [-0.2, 0) is 21.4 Å². The first-order chi connectivity index (χ1) is 18.4. The highest BCUT2D eigenvalue weighted by atomic mass is 16.5. The largest absolute Gasteiger partial charge is 0.370 e. The Labute approximate surface area is 225 Å². The van der Waals surface area contributed by atoms with Gasteiger partial charge in [-0.25, -0.2) is 10.3 Å². The molecule has 4 heterocycles. The van der Waals surface area contributed by atoms with Gasteiger partial charge in [0.15, 0.2) is 12.0 Å². The third-order valence-electron chi connectivity index (χ3n) is 9.09. The maximum atomic E-state index is 13.6. The topological polar surface area (TPSA) is 201 Å². The van der Waals surface area contributed by atoms with Crippen molar-refractivity contribution in [2.45, 2.75) is 80.9 Å². The summed E-state index contributed by atoms with van der Waals surface area (Å²) < 4.78 is 0. The Morgan fingerprint density at radius 2 is 1.92 bits per heavy atom. The van der Waals surface area contributed by atoms with Crippen molar-refractivity contribution in [3.63, 3.8) is 0 Å². The second kappa shape index (κ2) is 8.39. The fourth-order valence-electron chi connectivity index (χ4n) is 7.12. The van der Waals surface area contributed by atoms with E-state index < -0.39 is 35.5 Å². The van der Waals surface area contributed by atoms with Gasteiger partial charge in [0.05, 0.1) is 13.1 Å². The molecule has 4 atom stereocenters. The molecule has 1 aromatic rings. The SMILES string of the molecule is CC1(C)CCCc2c(C(=O)NC3CN4C(N)=N[C@@H](CN5C(=O)CCC5=O)[C@@H]5[NH+]=C(N)NC54C3(O)O)cccc21. The molecular formula is C26H35N8O5+. The van der Waals surface area contributed by atoms with E-state index in [1.54, 1.807) is 6.07 Å². The van der Waals surface area contributed by atoms with Crippen LogP contribution in [-0.4, -0.2) is 92.3 Å². The first-order valence-corrected chi connectivity index (χ1v) is 13.4. The van der Waals surface area contributed by atoms with Crippen LogP contribution in [0.4, 0.5) is 0 Å². The van der Waals surface area contributed by atoms with Crippen LogP contribution in [0.3, 0.4) is 0 Å². The van der Waals surface area contributed by atoms with Crippen LogP contribution in [0.25, 0.3) is 0 Å². The molecule has 13 heteroatoms. The number of nitrogens with one attached hydrogen (secondary N) is 3. The molecule has 1 aliphatic carbocycles. The number of carbonyl (C=O) groups excluding carboxylic acids is 3. The minimum absolute atomic E-state index is 0.0255. The van der Waals surface area contributed by atoms with Gasteiger partial charge in [0, 0.05) is 18.4 Å². The quantitative estimate of drug-likeness (QED) is 0.149. The third-order valence-corrected chi connectivity index (χ3v) is 9.09. The lowest BCUT2D eigenvalue weighted by atomic mass is 9.71. The van der Waals surface area contributed by atoms with Crippen LogP contribution in [0.2, 0.25) is 0 Å². The number of aliphatic imine (C=N–C) groups is 1. The number of hydrogen-bond acceptors (Lipinski definition) is 10. The highest BCUT2D eigenvalue weighted by Crippen LogP contribution is 2.42. The van der Waals surface area contributed by atoms with E-state index in [0.29, 0.717) is 5.56 Å². The summed E-state index contributed by atoms with van der Waals surface area (Å²) in [7, 11) is 0. The number of nitrogens with two attached hydrogens (primary N) is 2. The summed E-state index contributed by atoms with van der Waals surface area (Å²) in [4.78, 5) is 48.3. The molecular weight excluding hydrogens is 504 g/mol. The first kappa shape index (κ1) is 25.6. The Hall–Kier alpha value is -3.71. The average Bonchev–Trinajstić information content (AvgIpc) is 3.46. The molecule has 0 saturated carbocycles. The molecule has 1 aromatic carbocycles. The van der Waals surface area contributed by atoms with Crippen molar-refractivity contribution in [2.75, 3.05) is 13.1 Å². The number of benzene rings is 1. The Morgan fingerprint density at radius 3 is 2.64 bits per heavy atom. The summed E-state index contributed by atoms with van der Waals surface area (Å²) in [5, 5.41) is 29.2. The normalized spacial score (nSPS) is 32.2. The molecule has 208 valence electrons. The van der Waals surface area contributed by atoms with Crippen molar-refractivity contribution < 1.29 is 29.6 Å². The van der Waals surface area contributed by atoms with E-state index in [4.69, 9.17) is 11.5 Å². The van der Waals surface area contributed by atoms with Gasteiger partial charge in [0.25, 0.3) is 11.6 Å². The molecule has 0 radical (unpaired) electrons. The summed E-state index contributed by atoms with van der Waals surface area (Å²) >= 11 is 0. The molecule has 0 aromatic heterocycles. The Bertz CT molecular complexity index is 1320. The number of likely N-dealkylation sites (tertiary alicyclic amines) is 1. The monoisotopic (exact) mass is 539 g/mol. The van der Waals surface area contributed by atoms with Crippen LogP contribution in [0, 0.1) is 0 Å². The van der Waals surface area contributed by atoms with Crippen LogP contribution < -0.4 is 27.1 Å². The molecule has 9 N–H and O–H groups in total. The Kier molecular flexibility index (Phi) is 5.50. The summed E-state index contributed by atoms with van der Waals surface area (Å²) in [5.41, 5.74) is 13.2. The molecule has 13 nitrogen and oxygen atoms in total. The van der Waals surface area contributed by atoms with E-state index in [2.05, 4.69) is 34.5 Å². The summed E-state index contributed by atoms with van der Waals surface area (Å²) in [6.07, 6.45) is 2.97. The van der Waals surface area contributed by atoms with Crippen molar-refractivity contribution in [1.29, 1.82) is 0 Å². The molecule has 4 aliphatic heterocycles. The first-order valence-electron chi connectivity index (χ1n) is 13.4. The minimum Gasteiger partial charge on any atom is -0.370 e. The number of hydrogen-bond donors (Lipinski definition) is 7. The van der Waals surface area contributed by atoms with Gasteiger partial charge in [-0.1, -0.05) is 26.0 Å². The van der Waals surface area contributed by atoms with E-state index in [1.165, 1.54) is 4.90 Å². The zero-order valence-corrected chi connectivity index (χ0v) is 22.0. The lowest BCUT2D eigenvalue weighted by Gasteiger charge is -2.46. The number of nitrogens with zero attached hydrogens (tertiary/aromatic N) is 3. The van der Waals surface area contributed by atoms with Crippen LogP contribution in [0.15, 0.2) is 23.2 Å². The molecule has 1 spiro atoms. The molecule has 2 saturated heterocycles. The minimum atomic E-state index is -2.58. The van der Waals surface area contributed by atoms with E-state index in [9.17, 15) is 24.6 Å². The van der Waals surface area contributed by atoms with Crippen molar-refractivity contribution in [3.05, 3.63) is 34.9 Å². The third kappa shape index (κ3) is 3.55. The van der Waals surface area contributed by atoms with Gasteiger partial charge in [-0.05, 0) is 41.9 Å². The second-order valence-corrected chi connectivity index (χ2v) is 11.8. The number of amides is 3. The molecule has 39 heavy (non-hydrogen) atoms. The molecule has 0 bridgehead atoms. The van der Waals surface area contributed by atoms with Crippen molar-refractivity contribution in [1.82, 2.24) is 20.4 Å². The maximum Gasteiger partial charge on any atom is 0.343 e. The Balaban J connectivity index is 1.32. The van der Waals surface area contributed by atoms with Gasteiger partial charge >= 0.3 is 5.96 Å². The second-order valence-electron chi connectivity index (χ2n) is 11.8. The van der Waals surface area contributed by atoms with Gasteiger partial charge in [-0.2, -0.15) is 0 Å². The number of guanidine groups is 2. The fraction of sp³-hybridized carbons (Fsp3) is 0.577. The van der Waals surface area contributed by atoms with Crippen LogP contribution in [0.1, 0.15) is 61.0 Å². The molecule has 2 unspecified atom stereocenters. The molecule has 3 amide bonds. The highest BCUT2D eigenvalue weighted by Gasteiger charge is 2.76. The number of rotatable bonds is 4. The molecule has 2 fully saturated rings. The van der Waals surface area contributed by atoms with Gasteiger partial charge in [-0.3, -0.25) is 34.9 Å². The number of imide groups is 1.